The van der Waals surface area contributed by atoms with Gasteiger partial charge in [0.1, 0.15) is 11.5 Å². The third kappa shape index (κ3) is 4.97. The highest BCUT2D eigenvalue weighted by molar-refractivity contribution is 7.92. The summed E-state index contributed by atoms with van der Waals surface area (Å²) in [6.45, 7) is -0.274. The summed E-state index contributed by atoms with van der Waals surface area (Å²) in [5.74, 6) is 1.32. The molecule has 0 amide bonds. The number of aliphatic hydroxyl groups excluding tert-OH is 1. The predicted octanol–water partition coefficient (Wildman–Crippen LogP) is 3.68. The minimum absolute atomic E-state index is 0.00184. The van der Waals surface area contributed by atoms with Crippen LogP contribution in [0.15, 0.2) is 71.6 Å². The first-order valence-corrected chi connectivity index (χ1v) is 11.4. The zero-order valence-electron chi connectivity index (χ0n) is 17.9. The molecule has 0 aliphatic carbocycles. The molecule has 1 aromatic heterocycles. The van der Waals surface area contributed by atoms with Crippen LogP contribution in [-0.2, 0) is 16.6 Å². The minimum Gasteiger partial charge on any atom is -0.497 e. The highest BCUT2D eigenvalue weighted by Crippen LogP contribution is 2.31. The molecular weight excluding hydrogens is 444 g/mol. The monoisotopic (exact) mass is 466 g/mol. The molecule has 3 aromatic carbocycles. The van der Waals surface area contributed by atoms with Crippen LogP contribution in [0.25, 0.3) is 11.0 Å². The number of methoxy groups -OCH3 is 2. The number of sulfonamides is 1. The van der Waals surface area contributed by atoms with E-state index >= 15 is 0 Å². The van der Waals surface area contributed by atoms with E-state index in [1.54, 1.807) is 48.5 Å². The molecule has 0 saturated heterocycles. The summed E-state index contributed by atoms with van der Waals surface area (Å²) in [6, 6.07) is 18.3. The average Bonchev–Trinajstić information content (AvgIpc) is 2.84. The molecule has 4 rings (SSSR count). The molecule has 33 heavy (non-hydrogen) atoms. The van der Waals surface area contributed by atoms with Gasteiger partial charge in [-0.1, -0.05) is 24.3 Å². The van der Waals surface area contributed by atoms with Crippen molar-refractivity contribution in [3.05, 3.63) is 72.3 Å². The van der Waals surface area contributed by atoms with Crippen LogP contribution in [0.5, 0.6) is 11.5 Å². The van der Waals surface area contributed by atoms with E-state index in [-0.39, 0.29) is 23.1 Å². The number of aromatic nitrogens is 2. The SMILES string of the molecule is COc1cc(Nc2nc3ccccc3nc2NS(=O)(=O)c2cccc(CO)c2)cc(OC)c1. The number of nitrogens with one attached hydrogen (secondary N) is 2. The van der Waals surface area contributed by atoms with Gasteiger partial charge in [-0.15, -0.1) is 0 Å². The second-order valence-corrected chi connectivity index (χ2v) is 8.73. The molecule has 0 aliphatic heterocycles. The third-order valence-electron chi connectivity index (χ3n) is 4.81. The van der Waals surface area contributed by atoms with Crippen molar-refractivity contribution in [1.29, 1.82) is 0 Å². The molecule has 170 valence electrons. The van der Waals surface area contributed by atoms with Crippen LogP contribution in [0.1, 0.15) is 5.56 Å². The Morgan fingerprint density at radius 2 is 1.48 bits per heavy atom. The maximum atomic E-state index is 13.1. The van der Waals surface area contributed by atoms with Crippen LogP contribution in [0, 0.1) is 0 Å². The quantitative estimate of drug-likeness (QED) is 0.359. The summed E-state index contributed by atoms with van der Waals surface area (Å²) in [5.41, 5.74) is 2.15. The molecule has 0 atom stereocenters. The van der Waals surface area contributed by atoms with Crippen molar-refractivity contribution >= 4 is 38.4 Å². The van der Waals surface area contributed by atoms with Crippen LogP contribution in [0.4, 0.5) is 17.3 Å². The predicted molar refractivity (Wildman–Crippen MR) is 126 cm³/mol. The number of hydrogen-bond donors (Lipinski definition) is 3. The number of nitrogens with zero attached hydrogens (tertiary/aromatic N) is 2. The molecule has 0 bridgehead atoms. The fraction of sp³-hybridized carbons (Fsp3) is 0.130. The normalized spacial score (nSPS) is 11.2. The number of rotatable bonds is 8. The Morgan fingerprint density at radius 3 is 2.09 bits per heavy atom. The van der Waals surface area contributed by atoms with Crippen molar-refractivity contribution in [2.45, 2.75) is 11.5 Å². The molecule has 0 radical (unpaired) electrons. The van der Waals surface area contributed by atoms with Gasteiger partial charge in [-0.3, -0.25) is 4.72 Å². The first-order chi connectivity index (χ1) is 15.9. The van der Waals surface area contributed by atoms with Crippen molar-refractivity contribution in [2.24, 2.45) is 0 Å². The second-order valence-electron chi connectivity index (χ2n) is 7.05. The maximum Gasteiger partial charge on any atom is 0.263 e. The highest BCUT2D eigenvalue weighted by Gasteiger charge is 2.20. The van der Waals surface area contributed by atoms with Gasteiger partial charge in [0.2, 0.25) is 0 Å². The van der Waals surface area contributed by atoms with E-state index in [1.165, 1.54) is 26.4 Å². The van der Waals surface area contributed by atoms with Crippen molar-refractivity contribution in [3.63, 3.8) is 0 Å². The molecule has 10 heteroatoms. The van der Waals surface area contributed by atoms with Crippen molar-refractivity contribution < 1.29 is 23.0 Å². The topological polar surface area (TPSA) is 123 Å². The van der Waals surface area contributed by atoms with Gasteiger partial charge < -0.3 is 19.9 Å². The zero-order chi connectivity index (χ0) is 23.4. The van der Waals surface area contributed by atoms with Crippen LogP contribution in [-0.4, -0.2) is 37.7 Å². The van der Waals surface area contributed by atoms with E-state index < -0.39 is 10.0 Å². The molecule has 0 unspecified atom stereocenters. The summed E-state index contributed by atoms with van der Waals surface area (Å²) < 4.78 is 39.3. The molecule has 1 heterocycles. The first-order valence-electron chi connectivity index (χ1n) is 9.91. The van der Waals surface area contributed by atoms with Crippen LogP contribution in [0.2, 0.25) is 0 Å². The smallest absolute Gasteiger partial charge is 0.263 e. The lowest BCUT2D eigenvalue weighted by Crippen LogP contribution is -2.16. The van der Waals surface area contributed by atoms with Gasteiger partial charge in [0.25, 0.3) is 10.0 Å². The van der Waals surface area contributed by atoms with Gasteiger partial charge in [-0.2, -0.15) is 0 Å². The molecule has 9 nitrogen and oxygen atoms in total. The molecule has 3 N–H and O–H groups in total. The maximum absolute atomic E-state index is 13.1. The van der Waals surface area contributed by atoms with E-state index in [4.69, 9.17) is 9.47 Å². The lowest BCUT2D eigenvalue weighted by atomic mass is 10.2. The molecule has 0 saturated carbocycles. The minimum atomic E-state index is -4.01. The fourth-order valence-corrected chi connectivity index (χ4v) is 4.25. The first kappa shape index (κ1) is 22.3. The van der Waals surface area contributed by atoms with Crippen molar-refractivity contribution in [1.82, 2.24) is 9.97 Å². The molecule has 0 aliphatic rings. The number of fused-ring (bicyclic) bond motifs is 1. The Morgan fingerprint density at radius 1 is 0.848 bits per heavy atom. The van der Waals surface area contributed by atoms with Gasteiger partial charge in [-0.25, -0.2) is 18.4 Å². The van der Waals surface area contributed by atoms with Crippen molar-refractivity contribution in [3.8, 4) is 11.5 Å². The van der Waals surface area contributed by atoms with Crippen LogP contribution >= 0.6 is 0 Å². The van der Waals surface area contributed by atoms with Gasteiger partial charge in [0.15, 0.2) is 11.6 Å². The number of anilines is 3. The second kappa shape index (κ2) is 9.31. The summed E-state index contributed by atoms with van der Waals surface area (Å²) in [7, 11) is -0.936. The van der Waals surface area contributed by atoms with Gasteiger partial charge in [0, 0.05) is 23.9 Å². The molecule has 0 fully saturated rings. The Balaban J connectivity index is 1.78. The van der Waals surface area contributed by atoms with E-state index in [1.807, 2.05) is 6.07 Å². The Kier molecular flexibility index (Phi) is 6.29. The Hall–Kier alpha value is -3.89. The summed E-state index contributed by atoms with van der Waals surface area (Å²) in [4.78, 5) is 9.05. The van der Waals surface area contributed by atoms with Crippen molar-refractivity contribution in [2.75, 3.05) is 24.3 Å². The number of para-hydroxylation sites is 2. The zero-order valence-corrected chi connectivity index (χ0v) is 18.8. The number of aliphatic hydroxyl groups is 1. The fourth-order valence-electron chi connectivity index (χ4n) is 3.17. The lowest BCUT2D eigenvalue weighted by Gasteiger charge is -2.15. The van der Waals surface area contributed by atoms with E-state index in [9.17, 15) is 13.5 Å². The van der Waals surface area contributed by atoms with Gasteiger partial charge >= 0.3 is 0 Å². The standard InChI is InChI=1S/C23H22N4O5S/c1-31-17-11-16(12-18(13-17)32-2)24-22-23(26-21-9-4-3-8-20(21)25-22)27-33(29,30)19-7-5-6-15(10-19)14-28/h3-13,28H,14H2,1-2H3,(H,24,25)(H,26,27). The number of hydrogen-bond acceptors (Lipinski definition) is 8. The third-order valence-corrected chi connectivity index (χ3v) is 6.14. The molecule has 4 aromatic rings. The Labute approximate surface area is 191 Å². The molecule has 0 spiro atoms. The molecular formula is C23H22N4O5S. The largest absolute Gasteiger partial charge is 0.497 e. The van der Waals surface area contributed by atoms with E-state index in [0.29, 0.717) is 33.8 Å². The Bertz CT molecular complexity index is 1390. The highest BCUT2D eigenvalue weighted by atomic mass is 32.2. The van der Waals surface area contributed by atoms with E-state index in [0.717, 1.165) is 0 Å². The number of ether oxygens (including phenoxy) is 2. The summed E-state index contributed by atoms with van der Waals surface area (Å²) in [5, 5.41) is 12.5. The average molecular weight is 467 g/mol. The van der Waals surface area contributed by atoms with Gasteiger partial charge in [-0.05, 0) is 29.8 Å². The van der Waals surface area contributed by atoms with Crippen LogP contribution < -0.4 is 19.5 Å². The summed E-state index contributed by atoms with van der Waals surface area (Å²) >= 11 is 0. The van der Waals surface area contributed by atoms with E-state index in [2.05, 4.69) is 20.0 Å². The van der Waals surface area contributed by atoms with Crippen LogP contribution in [0.3, 0.4) is 0 Å². The van der Waals surface area contributed by atoms with Gasteiger partial charge in [0.05, 0.1) is 36.8 Å². The lowest BCUT2D eigenvalue weighted by molar-refractivity contribution is 0.281. The number of benzene rings is 3. The summed E-state index contributed by atoms with van der Waals surface area (Å²) in [6.07, 6.45) is 0.